The van der Waals surface area contributed by atoms with Crippen LogP contribution >= 0.6 is 11.3 Å². The van der Waals surface area contributed by atoms with E-state index in [0.29, 0.717) is 12.2 Å². The first-order valence-corrected chi connectivity index (χ1v) is 10.3. The molecule has 1 unspecified atom stereocenters. The molecule has 0 bridgehead atoms. The number of carbonyl (C=O) groups is 1. The number of carbonyl (C=O) groups excluding carboxylic acids is 1. The van der Waals surface area contributed by atoms with Crippen LogP contribution in [-0.4, -0.2) is 38.4 Å². The van der Waals surface area contributed by atoms with Crippen molar-refractivity contribution in [3.8, 4) is 10.6 Å². The Labute approximate surface area is 167 Å². The van der Waals surface area contributed by atoms with E-state index in [1.807, 2.05) is 65.7 Å². The molecule has 1 saturated heterocycles. The number of para-hydroxylation sites is 2. The van der Waals surface area contributed by atoms with Gasteiger partial charge in [-0.05, 0) is 25.5 Å². The van der Waals surface area contributed by atoms with Crippen LogP contribution in [0.3, 0.4) is 0 Å². The van der Waals surface area contributed by atoms with Gasteiger partial charge in [0.25, 0.3) is 5.91 Å². The van der Waals surface area contributed by atoms with Gasteiger partial charge in [0.1, 0.15) is 16.5 Å². The zero-order valence-corrected chi connectivity index (χ0v) is 16.4. The number of amides is 1. The van der Waals surface area contributed by atoms with Gasteiger partial charge >= 0.3 is 0 Å². The summed E-state index contributed by atoms with van der Waals surface area (Å²) in [6.07, 6.45) is 0.933. The Morgan fingerprint density at radius 2 is 1.86 bits per heavy atom. The smallest absolute Gasteiger partial charge is 0.273 e. The SMILES string of the molecule is Cc1nc2ccccc2n1C1CCN(C(=O)c2csc(-c3ccccc3)n2)C1. The molecule has 0 N–H and O–H groups in total. The van der Waals surface area contributed by atoms with Crippen LogP contribution in [0.1, 0.15) is 28.8 Å². The Hall–Kier alpha value is -2.99. The minimum Gasteiger partial charge on any atom is -0.335 e. The van der Waals surface area contributed by atoms with Crippen molar-refractivity contribution in [2.45, 2.75) is 19.4 Å². The van der Waals surface area contributed by atoms with Gasteiger partial charge in [0.2, 0.25) is 0 Å². The molecule has 0 spiro atoms. The minimum atomic E-state index is 0.0167. The van der Waals surface area contributed by atoms with Crippen molar-refractivity contribution in [1.82, 2.24) is 19.4 Å². The van der Waals surface area contributed by atoms with Crippen LogP contribution in [0.2, 0.25) is 0 Å². The number of fused-ring (bicyclic) bond motifs is 1. The predicted octanol–water partition coefficient (Wildman–Crippen LogP) is 4.56. The highest BCUT2D eigenvalue weighted by molar-refractivity contribution is 7.13. The zero-order valence-electron chi connectivity index (χ0n) is 15.6. The number of imidazole rings is 1. The molecule has 4 aromatic rings. The molecule has 5 nitrogen and oxygen atoms in total. The number of hydrogen-bond donors (Lipinski definition) is 0. The molecule has 2 aromatic carbocycles. The monoisotopic (exact) mass is 388 g/mol. The summed E-state index contributed by atoms with van der Waals surface area (Å²) in [5.74, 6) is 1.02. The fourth-order valence-corrected chi connectivity index (χ4v) is 4.81. The lowest BCUT2D eigenvalue weighted by atomic mass is 10.2. The summed E-state index contributed by atoms with van der Waals surface area (Å²) in [6, 6.07) is 18.4. The van der Waals surface area contributed by atoms with Gasteiger partial charge in [-0.15, -0.1) is 11.3 Å². The lowest BCUT2D eigenvalue weighted by molar-refractivity contribution is 0.0783. The highest BCUT2D eigenvalue weighted by Crippen LogP contribution is 2.30. The highest BCUT2D eigenvalue weighted by Gasteiger charge is 2.30. The van der Waals surface area contributed by atoms with Crippen molar-refractivity contribution in [3.63, 3.8) is 0 Å². The Kier molecular flexibility index (Phi) is 4.20. The average molecular weight is 388 g/mol. The third-order valence-corrected chi connectivity index (χ3v) is 6.22. The van der Waals surface area contributed by atoms with Gasteiger partial charge in [0.05, 0.1) is 17.1 Å². The lowest BCUT2D eigenvalue weighted by Gasteiger charge is -2.17. The minimum absolute atomic E-state index is 0.0167. The van der Waals surface area contributed by atoms with Crippen molar-refractivity contribution in [3.05, 3.63) is 71.5 Å². The normalized spacial score (nSPS) is 16.8. The van der Waals surface area contributed by atoms with Gasteiger partial charge in [-0.3, -0.25) is 4.79 Å². The van der Waals surface area contributed by atoms with Crippen LogP contribution in [0.5, 0.6) is 0 Å². The van der Waals surface area contributed by atoms with Gasteiger partial charge in [0, 0.05) is 24.0 Å². The second-order valence-electron chi connectivity index (χ2n) is 7.12. The third kappa shape index (κ3) is 2.90. The van der Waals surface area contributed by atoms with Crippen LogP contribution in [0, 0.1) is 6.92 Å². The Bertz CT molecular complexity index is 1150. The first kappa shape index (κ1) is 17.1. The van der Waals surface area contributed by atoms with Crippen LogP contribution in [-0.2, 0) is 0 Å². The van der Waals surface area contributed by atoms with Gasteiger partial charge in [0.15, 0.2) is 0 Å². The van der Waals surface area contributed by atoms with Crippen molar-refractivity contribution < 1.29 is 4.79 Å². The number of nitrogens with zero attached hydrogens (tertiary/aromatic N) is 4. The molecule has 1 aliphatic rings. The summed E-state index contributed by atoms with van der Waals surface area (Å²) in [5, 5.41) is 2.76. The summed E-state index contributed by atoms with van der Waals surface area (Å²) in [4.78, 5) is 24.2. The summed E-state index contributed by atoms with van der Waals surface area (Å²) in [5.41, 5.74) is 3.74. The van der Waals surface area contributed by atoms with E-state index in [0.717, 1.165) is 40.4 Å². The molecule has 140 valence electrons. The van der Waals surface area contributed by atoms with Crippen molar-refractivity contribution in [2.24, 2.45) is 0 Å². The summed E-state index contributed by atoms with van der Waals surface area (Å²) in [6.45, 7) is 3.48. The summed E-state index contributed by atoms with van der Waals surface area (Å²) in [7, 11) is 0. The number of hydrogen-bond acceptors (Lipinski definition) is 4. The van der Waals surface area contributed by atoms with E-state index >= 15 is 0 Å². The van der Waals surface area contributed by atoms with Gasteiger partial charge in [-0.25, -0.2) is 9.97 Å². The number of rotatable bonds is 3. The second kappa shape index (κ2) is 6.87. The molecule has 1 aliphatic heterocycles. The van der Waals surface area contributed by atoms with Crippen LogP contribution in [0.4, 0.5) is 0 Å². The number of likely N-dealkylation sites (tertiary alicyclic amines) is 1. The maximum atomic E-state index is 13.0. The molecule has 1 atom stereocenters. The molecular formula is C22H20N4OS. The lowest BCUT2D eigenvalue weighted by Crippen LogP contribution is -2.29. The zero-order chi connectivity index (χ0) is 19.1. The van der Waals surface area contributed by atoms with Crippen LogP contribution in [0.25, 0.3) is 21.6 Å². The summed E-state index contributed by atoms with van der Waals surface area (Å²) < 4.78 is 2.28. The van der Waals surface area contributed by atoms with Crippen molar-refractivity contribution in [2.75, 3.05) is 13.1 Å². The fourth-order valence-electron chi connectivity index (χ4n) is 4.01. The molecule has 3 heterocycles. The topological polar surface area (TPSA) is 51.0 Å². The molecule has 5 rings (SSSR count). The predicted molar refractivity (Wildman–Crippen MR) is 112 cm³/mol. The number of aryl methyl sites for hydroxylation is 1. The number of thiazole rings is 1. The van der Waals surface area contributed by atoms with Gasteiger partial charge in [-0.2, -0.15) is 0 Å². The van der Waals surface area contributed by atoms with Crippen LogP contribution in [0.15, 0.2) is 60.0 Å². The molecular weight excluding hydrogens is 368 g/mol. The fraction of sp³-hybridized carbons (Fsp3) is 0.227. The molecule has 0 saturated carbocycles. The largest absolute Gasteiger partial charge is 0.335 e. The Morgan fingerprint density at radius 3 is 2.71 bits per heavy atom. The highest BCUT2D eigenvalue weighted by atomic mass is 32.1. The standard InChI is InChI=1S/C22H20N4OS/c1-15-23-18-9-5-6-10-20(18)26(15)17-11-12-25(13-17)22(27)19-14-28-21(24-19)16-7-3-2-4-8-16/h2-10,14,17H,11-13H2,1H3. The second-order valence-corrected chi connectivity index (χ2v) is 7.97. The first-order valence-electron chi connectivity index (χ1n) is 9.44. The molecule has 0 radical (unpaired) electrons. The number of aromatic nitrogens is 3. The molecule has 1 amide bonds. The maximum Gasteiger partial charge on any atom is 0.273 e. The van der Waals surface area contributed by atoms with E-state index < -0.39 is 0 Å². The molecule has 28 heavy (non-hydrogen) atoms. The first-order chi connectivity index (χ1) is 13.7. The quantitative estimate of drug-likeness (QED) is 0.517. The average Bonchev–Trinajstić information content (AvgIpc) is 3.45. The van der Waals surface area contributed by atoms with E-state index in [1.165, 1.54) is 11.3 Å². The molecule has 2 aromatic heterocycles. The van der Waals surface area contributed by atoms with Gasteiger partial charge < -0.3 is 9.47 Å². The Morgan fingerprint density at radius 1 is 1.07 bits per heavy atom. The van der Waals surface area contributed by atoms with E-state index in [4.69, 9.17) is 0 Å². The van der Waals surface area contributed by atoms with E-state index in [9.17, 15) is 4.79 Å². The van der Waals surface area contributed by atoms with E-state index in [1.54, 1.807) is 0 Å². The third-order valence-electron chi connectivity index (χ3n) is 5.33. The van der Waals surface area contributed by atoms with Crippen molar-refractivity contribution in [1.29, 1.82) is 0 Å². The van der Waals surface area contributed by atoms with Crippen molar-refractivity contribution >= 4 is 28.3 Å². The van der Waals surface area contributed by atoms with Crippen LogP contribution < -0.4 is 0 Å². The molecule has 1 fully saturated rings. The molecule has 6 heteroatoms. The summed E-state index contributed by atoms with van der Waals surface area (Å²) >= 11 is 1.52. The Balaban J connectivity index is 1.37. The molecule has 0 aliphatic carbocycles. The number of benzene rings is 2. The maximum absolute atomic E-state index is 13.0. The van der Waals surface area contributed by atoms with E-state index in [2.05, 4.69) is 20.6 Å². The van der Waals surface area contributed by atoms with E-state index in [-0.39, 0.29) is 11.9 Å². The van der Waals surface area contributed by atoms with Gasteiger partial charge in [-0.1, -0.05) is 42.5 Å².